The monoisotopic (exact) mass is 256 g/mol. The molecule has 1 amide bonds. The average Bonchev–Trinajstić information content (AvgIpc) is 2.36. The van der Waals surface area contributed by atoms with E-state index in [1.165, 1.54) is 25.9 Å². The minimum Gasteiger partial charge on any atom is -0.368 e. The molecule has 0 spiro atoms. The van der Waals surface area contributed by atoms with E-state index in [9.17, 15) is 4.79 Å². The maximum atomic E-state index is 11.2. The van der Waals surface area contributed by atoms with E-state index in [1.54, 1.807) is 6.92 Å². The minimum atomic E-state index is -0.890. The standard InChI is InChI=1S/C13H28N4O/c1-4-17-8-5-11(6-9-17)16(3)10-7-13(2,15)12(14)18/h11H,4-10,15H2,1-3H3,(H2,14,18). The summed E-state index contributed by atoms with van der Waals surface area (Å²) in [5, 5.41) is 0. The van der Waals surface area contributed by atoms with Gasteiger partial charge in [-0.3, -0.25) is 4.79 Å². The third kappa shape index (κ3) is 4.23. The van der Waals surface area contributed by atoms with Crippen molar-refractivity contribution in [2.75, 3.05) is 33.2 Å². The zero-order valence-electron chi connectivity index (χ0n) is 12.0. The zero-order chi connectivity index (χ0) is 13.8. The van der Waals surface area contributed by atoms with Crippen molar-refractivity contribution in [2.24, 2.45) is 11.5 Å². The highest BCUT2D eigenvalue weighted by Gasteiger charge is 2.28. The van der Waals surface area contributed by atoms with Crippen molar-refractivity contribution < 1.29 is 4.79 Å². The number of nitrogens with two attached hydrogens (primary N) is 2. The Kier molecular flexibility index (Phi) is 5.56. The molecule has 1 aliphatic rings. The van der Waals surface area contributed by atoms with Crippen LogP contribution in [-0.4, -0.2) is 60.5 Å². The number of piperidine rings is 1. The maximum Gasteiger partial charge on any atom is 0.237 e. The number of hydrogen-bond acceptors (Lipinski definition) is 4. The van der Waals surface area contributed by atoms with Crippen molar-refractivity contribution >= 4 is 5.91 Å². The Bertz CT molecular complexity index is 272. The first kappa shape index (κ1) is 15.4. The minimum absolute atomic E-state index is 0.420. The van der Waals surface area contributed by atoms with Crippen LogP contribution in [0.2, 0.25) is 0 Å². The molecule has 1 fully saturated rings. The lowest BCUT2D eigenvalue weighted by molar-refractivity contribution is -0.122. The summed E-state index contributed by atoms with van der Waals surface area (Å²) in [4.78, 5) is 16.0. The third-order valence-corrected chi connectivity index (χ3v) is 4.17. The SMILES string of the molecule is CCN1CCC(N(C)CCC(C)(N)C(N)=O)CC1. The van der Waals surface area contributed by atoms with Gasteiger partial charge < -0.3 is 21.3 Å². The average molecular weight is 256 g/mol. The molecule has 0 saturated carbocycles. The van der Waals surface area contributed by atoms with Crippen LogP contribution in [-0.2, 0) is 4.79 Å². The van der Waals surface area contributed by atoms with Gasteiger partial charge in [0.2, 0.25) is 5.91 Å². The van der Waals surface area contributed by atoms with Crippen LogP contribution in [0.4, 0.5) is 0 Å². The lowest BCUT2D eigenvalue weighted by Crippen LogP contribution is -2.52. The lowest BCUT2D eigenvalue weighted by atomic mass is 9.97. The first-order valence-corrected chi connectivity index (χ1v) is 6.88. The van der Waals surface area contributed by atoms with Crippen LogP contribution in [0, 0.1) is 0 Å². The molecule has 1 atom stereocenters. The first-order valence-electron chi connectivity index (χ1n) is 6.88. The largest absolute Gasteiger partial charge is 0.368 e. The summed E-state index contributed by atoms with van der Waals surface area (Å²) in [7, 11) is 2.11. The second-order valence-electron chi connectivity index (χ2n) is 5.68. The predicted octanol–water partition coefficient (Wildman–Crippen LogP) is -0.00470. The Balaban J connectivity index is 2.33. The molecule has 0 bridgehead atoms. The number of carbonyl (C=O) groups is 1. The summed E-state index contributed by atoms with van der Waals surface area (Å²) < 4.78 is 0. The lowest BCUT2D eigenvalue weighted by Gasteiger charge is -2.37. The smallest absolute Gasteiger partial charge is 0.237 e. The van der Waals surface area contributed by atoms with Gasteiger partial charge in [-0.2, -0.15) is 0 Å². The van der Waals surface area contributed by atoms with E-state index in [0.29, 0.717) is 12.5 Å². The molecule has 1 heterocycles. The molecule has 5 heteroatoms. The summed E-state index contributed by atoms with van der Waals surface area (Å²) in [6.07, 6.45) is 3.01. The Morgan fingerprint density at radius 2 is 2.00 bits per heavy atom. The fourth-order valence-electron chi connectivity index (χ4n) is 2.39. The fourth-order valence-corrected chi connectivity index (χ4v) is 2.39. The van der Waals surface area contributed by atoms with Crippen LogP contribution in [0.25, 0.3) is 0 Å². The molecule has 5 nitrogen and oxygen atoms in total. The summed E-state index contributed by atoms with van der Waals surface area (Å²) in [5.74, 6) is -0.420. The van der Waals surface area contributed by atoms with Crippen molar-refractivity contribution in [3.8, 4) is 0 Å². The van der Waals surface area contributed by atoms with Gasteiger partial charge in [-0.05, 0) is 52.9 Å². The van der Waals surface area contributed by atoms with Crippen LogP contribution in [0.3, 0.4) is 0 Å². The van der Waals surface area contributed by atoms with Crippen LogP contribution in [0.5, 0.6) is 0 Å². The van der Waals surface area contributed by atoms with E-state index in [0.717, 1.165) is 13.1 Å². The highest BCUT2D eigenvalue weighted by molar-refractivity contribution is 5.83. The molecule has 0 aromatic rings. The highest BCUT2D eigenvalue weighted by atomic mass is 16.1. The van der Waals surface area contributed by atoms with E-state index < -0.39 is 11.4 Å². The van der Waals surface area contributed by atoms with Gasteiger partial charge in [0.25, 0.3) is 0 Å². The van der Waals surface area contributed by atoms with Gasteiger partial charge in [0, 0.05) is 12.6 Å². The van der Waals surface area contributed by atoms with Crippen LogP contribution in [0.1, 0.15) is 33.1 Å². The van der Waals surface area contributed by atoms with Gasteiger partial charge in [0.05, 0.1) is 5.54 Å². The van der Waals surface area contributed by atoms with E-state index >= 15 is 0 Å². The summed E-state index contributed by atoms with van der Waals surface area (Å²) >= 11 is 0. The molecule has 1 rings (SSSR count). The van der Waals surface area contributed by atoms with Gasteiger partial charge in [0.15, 0.2) is 0 Å². The van der Waals surface area contributed by atoms with Crippen molar-refractivity contribution in [2.45, 2.75) is 44.7 Å². The molecule has 1 aliphatic heterocycles. The van der Waals surface area contributed by atoms with Gasteiger partial charge >= 0.3 is 0 Å². The van der Waals surface area contributed by atoms with Crippen molar-refractivity contribution in [3.05, 3.63) is 0 Å². The Morgan fingerprint density at radius 3 is 2.44 bits per heavy atom. The summed E-state index contributed by atoms with van der Waals surface area (Å²) in [6.45, 7) is 8.22. The number of rotatable bonds is 6. The maximum absolute atomic E-state index is 11.2. The van der Waals surface area contributed by atoms with Gasteiger partial charge in [-0.25, -0.2) is 0 Å². The number of nitrogens with zero attached hydrogens (tertiary/aromatic N) is 2. The second-order valence-corrected chi connectivity index (χ2v) is 5.68. The quantitative estimate of drug-likeness (QED) is 0.701. The molecule has 0 aromatic carbocycles. The number of likely N-dealkylation sites (tertiary alicyclic amines) is 1. The van der Waals surface area contributed by atoms with Crippen LogP contribution >= 0.6 is 0 Å². The normalized spacial score (nSPS) is 22.1. The van der Waals surface area contributed by atoms with E-state index in [4.69, 9.17) is 11.5 Å². The highest BCUT2D eigenvalue weighted by Crippen LogP contribution is 2.16. The van der Waals surface area contributed by atoms with E-state index in [2.05, 4.69) is 23.8 Å². The van der Waals surface area contributed by atoms with Crippen LogP contribution < -0.4 is 11.5 Å². The van der Waals surface area contributed by atoms with Crippen molar-refractivity contribution in [1.29, 1.82) is 0 Å². The molecular formula is C13H28N4O. The number of primary amides is 1. The van der Waals surface area contributed by atoms with Crippen molar-refractivity contribution in [1.82, 2.24) is 9.80 Å². The Hall–Kier alpha value is -0.650. The Labute approximate surface area is 110 Å². The fraction of sp³-hybridized carbons (Fsp3) is 0.923. The zero-order valence-corrected chi connectivity index (χ0v) is 12.0. The topological polar surface area (TPSA) is 75.6 Å². The third-order valence-electron chi connectivity index (χ3n) is 4.17. The molecule has 18 heavy (non-hydrogen) atoms. The second kappa shape index (κ2) is 6.50. The first-order chi connectivity index (χ1) is 8.36. The molecule has 1 saturated heterocycles. The molecule has 4 N–H and O–H groups in total. The van der Waals surface area contributed by atoms with E-state index in [1.807, 2.05) is 0 Å². The Morgan fingerprint density at radius 1 is 1.44 bits per heavy atom. The number of amides is 1. The van der Waals surface area contributed by atoms with Gasteiger partial charge in [-0.1, -0.05) is 6.92 Å². The molecule has 1 unspecified atom stereocenters. The van der Waals surface area contributed by atoms with Gasteiger partial charge in [0.1, 0.15) is 0 Å². The number of carbonyl (C=O) groups excluding carboxylic acids is 1. The van der Waals surface area contributed by atoms with E-state index in [-0.39, 0.29) is 0 Å². The molecule has 0 radical (unpaired) electrons. The van der Waals surface area contributed by atoms with Crippen molar-refractivity contribution in [3.63, 3.8) is 0 Å². The molecular weight excluding hydrogens is 228 g/mol. The molecule has 0 aliphatic carbocycles. The predicted molar refractivity (Wildman–Crippen MR) is 74.2 cm³/mol. The molecule has 0 aromatic heterocycles. The molecule has 106 valence electrons. The van der Waals surface area contributed by atoms with Gasteiger partial charge in [-0.15, -0.1) is 0 Å². The number of hydrogen-bond donors (Lipinski definition) is 2. The summed E-state index contributed by atoms with van der Waals surface area (Å²) in [6, 6.07) is 0.608. The van der Waals surface area contributed by atoms with Crippen LogP contribution in [0.15, 0.2) is 0 Å². The summed E-state index contributed by atoms with van der Waals surface area (Å²) in [5.41, 5.74) is 10.3.